The van der Waals surface area contributed by atoms with Gasteiger partial charge in [-0.3, -0.25) is 0 Å². The van der Waals surface area contributed by atoms with Gasteiger partial charge in [-0.2, -0.15) is 0 Å². The zero-order valence-electron chi connectivity index (χ0n) is 10.0. The summed E-state index contributed by atoms with van der Waals surface area (Å²) in [7, 11) is 1.62. The van der Waals surface area contributed by atoms with Crippen molar-refractivity contribution in [2.45, 2.75) is 12.5 Å². The minimum absolute atomic E-state index is 0.131. The van der Waals surface area contributed by atoms with Crippen molar-refractivity contribution in [2.24, 2.45) is 0 Å². The number of nitrogens with one attached hydrogen (secondary N) is 1. The molecule has 0 amide bonds. The molecule has 1 aromatic heterocycles. The maximum Gasteiger partial charge on any atom is 0.133 e. The van der Waals surface area contributed by atoms with Crippen molar-refractivity contribution in [1.82, 2.24) is 5.32 Å². The molecule has 0 saturated heterocycles. The van der Waals surface area contributed by atoms with Gasteiger partial charge in [0.05, 0.1) is 3.79 Å². The Bertz CT molecular complexity index is 562. The average molecular weight is 350 g/mol. The third-order valence-corrected chi connectivity index (χ3v) is 4.42. The van der Waals surface area contributed by atoms with E-state index in [1.807, 2.05) is 12.1 Å². The van der Waals surface area contributed by atoms with Crippen LogP contribution in [0.5, 0.6) is 0 Å². The van der Waals surface area contributed by atoms with Crippen LogP contribution < -0.4 is 5.32 Å². The summed E-state index contributed by atoms with van der Waals surface area (Å²) in [6, 6.07) is 4.63. The Labute approximate surface area is 121 Å². The highest BCUT2D eigenvalue weighted by Gasteiger charge is 2.21. The van der Waals surface area contributed by atoms with E-state index in [4.69, 9.17) is 0 Å². The molecule has 0 radical (unpaired) electrons. The molecular weight excluding hydrogens is 339 g/mol. The molecular formula is C13H11BrF3NS. The van der Waals surface area contributed by atoms with E-state index in [0.29, 0.717) is 18.6 Å². The molecule has 0 fully saturated rings. The van der Waals surface area contributed by atoms with Crippen LogP contribution in [0.25, 0.3) is 0 Å². The van der Waals surface area contributed by atoms with Gasteiger partial charge in [-0.15, -0.1) is 11.3 Å². The van der Waals surface area contributed by atoms with Crippen LogP contribution >= 0.6 is 27.3 Å². The monoisotopic (exact) mass is 349 g/mol. The lowest BCUT2D eigenvalue weighted by Crippen LogP contribution is -2.21. The molecule has 6 heteroatoms. The molecule has 2 aromatic rings. The number of benzene rings is 1. The van der Waals surface area contributed by atoms with Crippen LogP contribution in [0.2, 0.25) is 0 Å². The van der Waals surface area contributed by atoms with Crippen LogP contribution in [0.15, 0.2) is 28.1 Å². The summed E-state index contributed by atoms with van der Waals surface area (Å²) in [6.07, 6.45) is 0.437. The van der Waals surface area contributed by atoms with Crippen LogP contribution in [-0.2, 0) is 6.42 Å². The lowest BCUT2D eigenvalue weighted by Gasteiger charge is -2.17. The SMILES string of the molecule is CNC(Cc1ccc(Br)s1)c1c(F)cc(F)cc1F. The number of hydrogen-bond acceptors (Lipinski definition) is 2. The van der Waals surface area contributed by atoms with E-state index in [2.05, 4.69) is 21.2 Å². The van der Waals surface area contributed by atoms with Crippen molar-refractivity contribution in [2.75, 3.05) is 7.05 Å². The molecule has 19 heavy (non-hydrogen) atoms. The summed E-state index contributed by atoms with van der Waals surface area (Å²) in [5.41, 5.74) is -0.131. The zero-order valence-corrected chi connectivity index (χ0v) is 12.4. The summed E-state index contributed by atoms with van der Waals surface area (Å²) in [6.45, 7) is 0. The van der Waals surface area contributed by atoms with Crippen molar-refractivity contribution < 1.29 is 13.2 Å². The minimum atomic E-state index is -0.910. The Balaban J connectivity index is 2.32. The Kier molecular flexibility index (Phi) is 4.65. The van der Waals surface area contributed by atoms with Gasteiger partial charge in [0.25, 0.3) is 0 Å². The van der Waals surface area contributed by atoms with Gasteiger partial charge in [0.2, 0.25) is 0 Å². The number of halogens is 4. The summed E-state index contributed by atoms with van der Waals surface area (Å²) < 4.78 is 41.3. The van der Waals surface area contributed by atoms with E-state index in [-0.39, 0.29) is 5.56 Å². The summed E-state index contributed by atoms with van der Waals surface area (Å²) in [4.78, 5) is 0.981. The Morgan fingerprint density at radius 3 is 2.32 bits per heavy atom. The highest BCUT2D eigenvalue weighted by molar-refractivity contribution is 9.11. The zero-order chi connectivity index (χ0) is 14.0. The molecule has 1 atom stereocenters. The number of likely N-dealkylation sites (N-methyl/N-ethyl adjacent to an activating group) is 1. The van der Waals surface area contributed by atoms with Crippen LogP contribution in [0.1, 0.15) is 16.5 Å². The normalized spacial score (nSPS) is 12.7. The van der Waals surface area contributed by atoms with Crippen LogP contribution in [0, 0.1) is 17.5 Å². The van der Waals surface area contributed by atoms with E-state index in [1.54, 1.807) is 7.05 Å². The highest BCUT2D eigenvalue weighted by Crippen LogP contribution is 2.29. The van der Waals surface area contributed by atoms with Gasteiger partial charge in [0.15, 0.2) is 0 Å². The Hall–Kier alpha value is -0.850. The molecule has 2 rings (SSSR count). The smallest absolute Gasteiger partial charge is 0.133 e. The van der Waals surface area contributed by atoms with E-state index in [9.17, 15) is 13.2 Å². The largest absolute Gasteiger partial charge is 0.313 e. The molecule has 0 aliphatic rings. The number of thiophene rings is 1. The fourth-order valence-corrected chi connectivity index (χ4v) is 3.43. The summed E-state index contributed by atoms with van der Waals surface area (Å²) >= 11 is 4.84. The van der Waals surface area contributed by atoms with Gasteiger partial charge in [-0.25, -0.2) is 13.2 Å². The van der Waals surface area contributed by atoms with Crippen LogP contribution in [0.4, 0.5) is 13.2 Å². The lowest BCUT2D eigenvalue weighted by atomic mass is 10.0. The van der Waals surface area contributed by atoms with Crippen LogP contribution in [-0.4, -0.2) is 7.05 Å². The first-order valence-corrected chi connectivity index (χ1v) is 7.18. The first-order chi connectivity index (χ1) is 9.01. The van der Waals surface area contributed by atoms with Gasteiger partial charge in [-0.05, 0) is 35.1 Å². The quantitative estimate of drug-likeness (QED) is 0.860. The van der Waals surface area contributed by atoms with E-state index < -0.39 is 23.5 Å². The van der Waals surface area contributed by atoms with E-state index in [1.165, 1.54) is 11.3 Å². The van der Waals surface area contributed by atoms with Crippen molar-refractivity contribution in [3.63, 3.8) is 0 Å². The fraction of sp³-hybridized carbons (Fsp3) is 0.231. The van der Waals surface area contributed by atoms with Gasteiger partial charge in [-0.1, -0.05) is 0 Å². The first-order valence-electron chi connectivity index (χ1n) is 5.57. The van der Waals surface area contributed by atoms with Crippen molar-refractivity contribution in [3.8, 4) is 0 Å². The Morgan fingerprint density at radius 1 is 1.21 bits per heavy atom. The molecule has 0 bridgehead atoms. The molecule has 0 spiro atoms. The molecule has 1 heterocycles. The topological polar surface area (TPSA) is 12.0 Å². The molecule has 0 aliphatic carbocycles. The second kappa shape index (κ2) is 6.07. The summed E-state index contributed by atoms with van der Waals surface area (Å²) in [5.74, 6) is -2.65. The van der Waals surface area contributed by atoms with Gasteiger partial charge < -0.3 is 5.32 Å². The van der Waals surface area contributed by atoms with Crippen molar-refractivity contribution >= 4 is 27.3 Å². The highest BCUT2D eigenvalue weighted by atomic mass is 79.9. The third-order valence-electron chi connectivity index (χ3n) is 2.77. The fourth-order valence-electron chi connectivity index (χ4n) is 1.90. The predicted molar refractivity (Wildman–Crippen MR) is 73.8 cm³/mol. The molecule has 1 unspecified atom stereocenters. The molecule has 0 saturated carbocycles. The van der Waals surface area contributed by atoms with Gasteiger partial charge in [0, 0.05) is 35.0 Å². The summed E-state index contributed by atoms with van der Waals surface area (Å²) in [5, 5.41) is 2.87. The molecule has 102 valence electrons. The van der Waals surface area contributed by atoms with Crippen molar-refractivity contribution in [3.05, 3.63) is 55.9 Å². The average Bonchev–Trinajstić information content (AvgIpc) is 2.72. The van der Waals surface area contributed by atoms with E-state index in [0.717, 1.165) is 8.66 Å². The number of hydrogen-bond donors (Lipinski definition) is 1. The lowest BCUT2D eigenvalue weighted by molar-refractivity contribution is 0.476. The Morgan fingerprint density at radius 2 is 1.84 bits per heavy atom. The standard InChI is InChI=1S/C13H11BrF3NS/c1-18-11(6-8-2-3-12(14)19-8)13-9(16)4-7(15)5-10(13)17/h2-5,11,18H,6H2,1H3. The van der Waals surface area contributed by atoms with E-state index >= 15 is 0 Å². The second-order valence-corrected chi connectivity index (χ2v) is 6.58. The minimum Gasteiger partial charge on any atom is -0.313 e. The maximum atomic E-state index is 13.7. The number of rotatable bonds is 4. The van der Waals surface area contributed by atoms with Crippen molar-refractivity contribution in [1.29, 1.82) is 0 Å². The molecule has 1 N–H and O–H groups in total. The second-order valence-electron chi connectivity index (χ2n) is 4.03. The third kappa shape index (κ3) is 3.38. The predicted octanol–water partition coefficient (Wildman–Crippen LogP) is 4.43. The molecule has 1 aromatic carbocycles. The molecule has 1 nitrogen and oxygen atoms in total. The maximum absolute atomic E-state index is 13.7. The first kappa shape index (κ1) is 14.6. The molecule has 0 aliphatic heterocycles. The van der Waals surface area contributed by atoms with Gasteiger partial charge >= 0.3 is 0 Å². The van der Waals surface area contributed by atoms with Gasteiger partial charge in [0.1, 0.15) is 17.5 Å². The van der Waals surface area contributed by atoms with Crippen LogP contribution in [0.3, 0.4) is 0 Å².